The van der Waals surface area contributed by atoms with Crippen LogP contribution >= 0.6 is 0 Å². The molecule has 1 saturated heterocycles. The number of nitrogens with zero attached hydrogens (tertiary/aromatic N) is 3. The van der Waals surface area contributed by atoms with E-state index in [-0.39, 0.29) is 6.23 Å². The smallest absolute Gasteiger partial charge is 0.328 e. The second kappa shape index (κ2) is 11.7. The number of pyridine rings is 1. The van der Waals surface area contributed by atoms with Crippen molar-refractivity contribution in [2.24, 2.45) is 5.92 Å². The second-order valence-electron chi connectivity index (χ2n) is 10.6. The molecule has 0 bridgehead atoms. The highest BCUT2D eigenvalue weighted by molar-refractivity contribution is 6.01. The van der Waals surface area contributed by atoms with Gasteiger partial charge in [-0.15, -0.1) is 5.10 Å². The number of allylic oxidation sites excluding steroid dienone is 1. The molecule has 7 nitrogen and oxygen atoms in total. The summed E-state index contributed by atoms with van der Waals surface area (Å²) in [5.74, 6) is -0.658. The van der Waals surface area contributed by atoms with Gasteiger partial charge < -0.3 is 14.6 Å². The third-order valence-corrected chi connectivity index (χ3v) is 8.03. The van der Waals surface area contributed by atoms with Crippen LogP contribution in [0.5, 0.6) is 5.88 Å². The van der Waals surface area contributed by atoms with Crippen LogP contribution in [-0.4, -0.2) is 39.6 Å². The molecule has 2 aromatic heterocycles. The van der Waals surface area contributed by atoms with Crippen LogP contribution in [0.1, 0.15) is 67.0 Å². The van der Waals surface area contributed by atoms with Crippen LogP contribution < -0.4 is 4.74 Å². The van der Waals surface area contributed by atoms with Gasteiger partial charge in [-0.2, -0.15) is 4.39 Å². The maximum absolute atomic E-state index is 15.4. The predicted molar refractivity (Wildman–Crippen MR) is 156 cm³/mol. The Morgan fingerprint density at radius 2 is 1.83 bits per heavy atom. The summed E-state index contributed by atoms with van der Waals surface area (Å²) in [6.07, 6.45) is 10.3. The van der Waals surface area contributed by atoms with Gasteiger partial charge in [0, 0.05) is 24.9 Å². The van der Waals surface area contributed by atoms with Crippen LogP contribution in [0, 0.1) is 11.9 Å². The Labute approximate surface area is 237 Å². The number of halogens is 1. The lowest BCUT2D eigenvalue weighted by Crippen LogP contribution is -2.19. The summed E-state index contributed by atoms with van der Waals surface area (Å²) in [5.41, 5.74) is 6.50. The molecule has 6 rings (SSSR count). The lowest BCUT2D eigenvalue weighted by atomic mass is 9.73. The molecule has 2 aromatic carbocycles. The van der Waals surface area contributed by atoms with E-state index in [1.165, 1.54) is 0 Å². The molecule has 1 aliphatic heterocycles. The highest BCUT2D eigenvalue weighted by Crippen LogP contribution is 2.46. The largest absolute Gasteiger partial charge is 0.481 e. The molecule has 0 radical (unpaired) electrons. The third-order valence-electron chi connectivity index (χ3n) is 8.03. The summed E-state index contributed by atoms with van der Waals surface area (Å²) >= 11 is 0. The topological polar surface area (TPSA) is 86.5 Å². The van der Waals surface area contributed by atoms with Crippen LogP contribution in [0.15, 0.2) is 66.9 Å². The zero-order chi connectivity index (χ0) is 28.3. The van der Waals surface area contributed by atoms with E-state index in [1.807, 2.05) is 54.6 Å². The van der Waals surface area contributed by atoms with E-state index in [1.54, 1.807) is 24.1 Å². The van der Waals surface area contributed by atoms with Crippen LogP contribution in [0.25, 0.3) is 28.1 Å². The number of hydrogen-bond donors (Lipinski definition) is 1. The number of hydrogen-bond acceptors (Lipinski definition) is 5. The molecule has 1 unspecified atom stereocenters. The fourth-order valence-corrected chi connectivity index (χ4v) is 5.77. The number of rotatable bonds is 8. The van der Waals surface area contributed by atoms with Crippen LogP contribution in [0.3, 0.4) is 0 Å². The van der Waals surface area contributed by atoms with Crippen molar-refractivity contribution in [3.05, 3.63) is 95.1 Å². The van der Waals surface area contributed by atoms with Crippen molar-refractivity contribution in [3.8, 4) is 5.88 Å². The molecule has 1 saturated carbocycles. The first-order valence-electron chi connectivity index (χ1n) is 14.1. The van der Waals surface area contributed by atoms with Gasteiger partial charge in [-0.3, -0.25) is 0 Å². The minimum atomic E-state index is -0.997. The Morgan fingerprint density at radius 1 is 1.02 bits per heavy atom. The maximum Gasteiger partial charge on any atom is 0.328 e. The van der Waals surface area contributed by atoms with E-state index in [0.29, 0.717) is 29.3 Å². The number of carboxylic acids is 1. The first kappa shape index (κ1) is 26.9. The number of aliphatic carboxylic acids is 1. The minimum absolute atomic E-state index is 0.266. The van der Waals surface area contributed by atoms with Gasteiger partial charge >= 0.3 is 5.97 Å². The SMILES string of the molecule is COc1cc(/C(=C(\c2ccc(C=CC(=O)O)cc2)c2ccc3c(c2)c(F)nn3C2CCCCO2)C2CCC2)ccn1. The number of ether oxygens (including phenoxy) is 2. The zero-order valence-electron chi connectivity index (χ0n) is 22.9. The van der Waals surface area contributed by atoms with Crippen molar-refractivity contribution >= 4 is 34.1 Å². The molecule has 1 atom stereocenters. The van der Waals surface area contributed by atoms with Crippen molar-refractivity contribution in [1.82, 2.24) is 14.8 Å². The fraction of sp³-hybridized carbons (Fsp3) is 0.303. The molecule has 3 heterocycles. The standard InChI is InChI=1S/C33H32FN3O4/c1-40-28-20-25(16-17-35-28)31(22-5-4-6-22)32(23-11-8-21(9-12-23)10-15-30(38)39)24-13-14-27-26(19-24)33(34)36-37(27)29-7-2-3-18-41-29/h8-17,19-20,22,29H,2-7,18H2,1H3,(H,38,39)/b15-10?,32-31+. The normalized spacial score (nSPS) is 18.3. The summed E-state index contributed by atoms with van der Waals surface area (Å²) in [5, 5.41) is 13.7. The van der Waals surface area contributed by atoms with Gasteiger partial charge in [0.25, 0.3) is 0 Å². The number of fused-ring (bicyclic) bond motifs is 1. The van der Waals surface area contributed by atoms with E-state index < -0.39 is 11.9 Å². The Kier molecular flexibility index (Phi) is 7.65. The summed E-state index contributed by atoms with van der Waals surface area (Å²) < 4.78 is 28.4. The molecular weight excluding hydrogens is 521 g/mol. The summed E-state index contributed by atoms with van der Waals surface area (Å²) in [7, 11) is 1.60. The molecule has 210 valence electrons. The van der Waals surface area contributed by atoms with Gasteiger partial charge in [0.05, 0.1) is 18.0 Å². The van der Waals surface area contributed by atoms with Gasteiger partial charge in [-0.05, 0) is 95.7 Å². The Morgan fingerprint density at radius 3 is 2.51 bits per heavy atom. The first-order valence-corrected chi connectivity index (χ1v) is 14.1. The quantitative estimate of drug-likeness (QED) is 0.234. The Hall–Kier alpha value is -4.30. The van der Waals surface area contributed by atoms with Crippen molar-refractivity contribution in [2.45, 2.75) is 44.8 Å². The average Bonchev–Trinajstić information content (AvgIpc) is 3.31. The third kappa shape index (κ3) is 5.52. The van der Waals surface area contributed by atoms with Crippen molar-refractivity contribution in [1.29, 1.82) is 0 Å². The number of aromatic nitrogens is 3. The molecule has 8 heteroatoms. The highest BCUT2D eigenvalue weighted by Gasteiger charge is 2.28. The number of carbonyl (C=O) groups is 1. The van der Waals surface area contributed by atoms with Crippen LogP contribution in [-0.2, 0) is 9.53 Å². The van der Waals surface area contributed by atoms with Gasteiger partial charge in [0.15, 0.2) is 6.23 Å². The highest BCUT2D eigenvalue weighted by atomic mass is 19.1. The summed E-state index contributed by atoms with van der Waals surface area (Å²) in [4.78, 5) is 15.3. The van der Waals surface area contributed by atoms with E-state index >= 15 is 4.39 Å². The first-order chi connectivity index (χ1) is 20.0. The molecule has 2 aliphatic rings. The summed E-state index contributed by atoms with van der Waals surface area (Å²) in [6, 6.07) is 17.6. The maximum atomic E-state index is 15.4. The minimum Gasteiger partial charge on any atom is -0.481 e. The van der Waals surface area contributed by atoms with Crippen molar-refractivity contribution < 1.29 is 23.8 Å². The monoisotopic (exact) mass is 553 g/mol. The van der Waals surface area contributed by atoms with Crippen LogP contribution in [0.4, 0.5) is 4.39 Å². The lowest BCUT2D eigenvalue weighted by Gasteiger charge is -2.31. The molecule has 0 spiro atoms. The number of methoxy groups -OCH3 is 1. The molecule has 41 heavy (non-hydrogen) atoms. The molecule has 1 aliphatic carbocycles. The molecule has 4 aromatic rings. The van der Waals surface area contributed by atoms with E-state index in [2.05, 4.69) is 10.1 Å². The van der Waals surface area contributed by atoms with Gasteiger partial charge in [0.2, 0.25) is 11.8 Å². The van der Waals surface area contributed by atoms with Crippen LogP contribution in [0.2, 0.25) is 0 Å². The summed E-state index contributed by atoms with van der Waals surface area (Å²) in [6.45, 7) is 0.649. The molecular formula is C33H32FN3O4. The second-order valence-corrected chi connectivity index (χ2v) is 10.6. The van der Waals surface area contributed by atoms with Crippen molar-refractivity contribution in [3.63, 3.8) is 0 Å². The molecule has 0 amide bonds. The van der Waals surface area contributed by atoms with E-state index in [0.717, 1.165) is 78.0 Å². The average molecular weight is 554 g/mol. The van der Waals surface area contributed by atoms with Gasteiger partial charge in [0.1, 0.15) is 0 Å². The van der Waals surface area contributed by atoms with Crippen molar-refractivity contribution in [2.75, 3.05) is 13.7 Å². The molecule has 2 fully saturated rings. The lowest BCUT2D eigenvalue weighted by molar-refractivity contribution is -0.131. The predicted octanol–water partition coefficient (Wildman–Crippen LogP) is 7.14. The number of benzene rings is 2. The van der Waals surface area contributed by atoms with E-state index in [4.69, 9.17) is 14.6 Å². The number of carboxylic acid groups (broad SMARTS) is 1. The van der Waals surface area contributed by atoms with Gasteiger partial charge in [-0.1, -0.05) is 36.8 Å². The molecule has 1 N–H and O–H groups in total. The van der Waals surface area contributed by atoms with E-state index in [9.17, 15) is 4.79 Å². The van der Waals surface area contributed by atoms with Gasteiger partial charge in [-0.25, -0.2) is 14.5 Å². The fourth-order valence-electron chi connectivity index (χ4n) is 5.77. The Balaban J connectivity index is 1.54. The zero-order valence-corrected chi connectivity index (χ0v) is 22.9. The Bertz CT molecular complexity index is 1630.